The van der Waals surface area contributed by atoms with Gasteiger partial charge in [-0.3, -0.25) is 0 Å². The summed E-state index contributed by atoms with van der Waals surface area (Å²) in [7, 11) is 0. The average Bonchev–Trinajstić information content (AvgIpc) is 2.72. The van der Waals surface area contributed by atoms with Crippen LogP contribution in [0.4, 0.5) is 0 Å². The van der Waals surface area contributed by atoms with Gasteiger partial charge in [0.25, 0.3) is 0 Å². The van der Waals surface area contributed by atoms with E-state index in [0.717, 1.165) is 19.4 Å². The molecular formula is C15H27N3OS. The van der Waals surface area contributed by atoms with Gasteiger partial charge in [0, 0.05) is 21.2 Å². The first-order valence-corrected chi connectivity index (χ1v) is 7.88. The van der Waals surface area contributed by atoms with Gasteiger partial charge in [0.1, 0.15) is 5.84 Å². The number of thiophene rings is 1. The maximum Gasteiger partial charge on any atom is 0.144 e. The monoisotopic (exact) mass is 297 g/mol. The van der Waals surface area contributed by atoms with Gasteiger partial charge in [-0.15, -0.1) is 11.3 Å². The first kappa shape index (κ1) is 17.0. The van der Waals surface area contributed by atoms with E-state index in [1.54, 1.807) is 0 Å². The van der Waals surface area contributed by atoms with Crippen molar-refractivity contribution in [2.24, 2.45) is 16.3 Å². The fourth-order valence-electron chi connectivity index (χ4n) is 2.30. The van der Waals surface area contributed by atoms with E-state index in [2.05, 4.69) is 37.3 Å². The summed E-state index contributed by atoms with van der Waals surface area (Å²) >= 11 is 1.85. The zero-order valence-electron chi connectivity index (χ0n) is 13.2. The molecule has 4 N–H and O–H groups in total. The van der Waals surface area contributed by atoms with Gasteiger partial charge in [-0.25, -0.2) is 0 Å². The van der Waals surface area contributed by atoms with Crippen LogP contribution in [0.25, 0.3) is 0 Å². The molecule has 0 amide bonds. The lowest BCUT2D eigenvalue weighted by Gasteiger charge is -2.23. The Morgan fingerprint density at radius 2 is 2.15 bits per heavy atom. The number of rotatable bonds is 7. The number of hydrogen-bond acceptors (Lipinski definition) is 4. The predicted octanol–water partition coefficient (Wildman–Crippen LogP) is 3.57. The van der Waals surface area contributed by atoms with Gasteiger partial charge in [0.05, 0.1) is 0 Å². The van der Waals surface area contributed by atoms with Crippen molar-refractivity contribution in [1.29, 1.82) is 0 Å². The van der Waals surface area contributed by atoms with Gasteiger partial charge in [-0.2, -0.15) is 0 Å². The molecule has 0 aliphatic carbocycles. The molecule has 0 saturated carbocycles. The molecule has 1 atom stereocenters. The zero-order chi connectivity index (χ0) is 15.3. The van der Waals surface area contributed by atoms with E-state index in [9.17, 15) is 0 Å². The van der Waals surface area contributed by atoms with Crippen molar-refractivity contribution in [3.8, 4) is 0 Å². The molecule has 1 aromatic heterocycles. The molecular weight excluding hydrogens is 270 g/mol. The number of amidine groups is 1. The van der Waals surface area contributed by atoms with Gasteiger partial charge in [0.15, 0.2) is 0 Å². The second kappa shape index (κ2) is 7.09. The molecule has 114 valence electrons. The van der Waals surface area contributed by atoms with Crippen molar-refractivity contribution in [1.82, 2.24) is 5.32 Å². The van der Waals surface area contributed by atoms with E-state index in [-0.39, 0.29) is 5.41 Å². The summed E-state index contributed by atoms with van der Waals surface area (Å²) in [5, 5.41) is 15.4. The Kier molecular flexibility index (Phi) is 6.02. The molecule has 0 fully saturated rings. The van der Waals surface area contributed by atoms with E-state index in [0.29, 0.717) is 11.9 Å². The Balaban J connectivity index is 2.40. The Morgan fingerprint density at radius 3 is 2.65 bits per heavy atom. The first-order valence-electron chi connectivity index (χ1n) is 7.06. The molecule has 0 radical (unpaired) electrons. The van der Waals surface area contributed by atoms with Crippen molar-refractivity contribution in [3.05, 3.63) is 21.4 Å². The molecule has 0 aliphatic heterocycles. The SMILES string of the molecule is Cc1cc(C(C)NCCCC(C)(C)C(N)=NO)c(C)s1. The minimum atomic E-state index is -0.255. The molecule has 0 bridgehead atoms. The van der Waals surface area contributed by atoms with Crippen LogP contribution in [-0.4, -0.2) is 17.6 Å². The Morgan fingerprint density at radius 1 is 1.50 bits per heavy atom. The second-order valence-corrected chi connectivity index (χ2v) is 7.48. The standard InChI is InChI=1S/C15H27N3OS/c1-10-9-13(12(3)20-10)11(2)17-8-6-7-15(4,5)14(16)18-19/h9,11,17,19H,6-8H2,1-5H3,(H2,16,18). The van der Waals surface area contributed by atoms with Gasteiger partial charge in [0.2, 0.25) is 0 Å². The Hall–Kier alpha value is -1.07. The van der Waals surface area contributed by atoms with Crippen LogP contribution >= 0.6 is 11.3 Å². The van der Waals surface area contributed by atoms with Crippen molar-refractivity contribution in [2.45, 2.75) is 53.5 Å². The van der Waals surface area contributed by atoms with Crippen molar-refractivity contribution in [2.75, 3.05) is 6.54 Å². The molecule has 1 unspecified atom stereocenters. The normalized spacial score (nSPS) is 14.6. The summed E-state index contributed by atoms with van der Waals surface area (Å²) in [5.41, 5.74) is 6.82. The highest BCUT2D eigenvalue weighted by atomic mass is 32.1. The van der Waals surface area contributed by atoms with Crippen LogP contribution in [0.1, 0.15) is 55.0 Å². The van der Waals surface area contributed by atoms with Crippen LogP contribution in [0.15, 0.2) is 11.2 Å². The molecule has 20 heavy (non-hydrogen) atoms. The average molecular weight is 297 g/mol. The highest BCUT2D eigenvalue weighted by molar-refractivity contribution is 7.12. The minimum Gasteiger partial charge on any atom is -0.409 e. The summed E-state index contributed by atoms with van der Waals surface area (Å²) in [4.78, 5) is 2.75. The third-order valence-corrected chi connectivity index (χ3v) is 4.76. The van der Waals surface area contributed by atoms with E-state index < -0.39 is 0 Å². The number of oxime groups is 1. The number of nitrogens with one attached hydrogen (secondary N) is 1. The van der Waals surface area contributed by atoms with Crippen LogP contribution in [0.2, 0.25) is 0 Å². The smallest absolute Gasteiger partial charge is 0.144 e. The van der Waals surface area contributed by atoms with Crippen molar-refractivity contribution in [3.63, 3.8) is 0 Å². The third kappa shape index (κ3) is 4.49. The maximum atomic E-state index is 8.75. The van der Waals surface area contributed by atoms with Crippen LogP contribution in [0.3, 0.4) is 0 Å². The third-order valence-electron chi connectivity index (χ3n) is 3.78. The summed E-state index contributed by atoms with van der Waals surface area (Å²) in [6.07, 6.45) is 1.89. The summed E-state index contributed by atoms with van der Waals surface area (Å²) in [5.74, 6) is 0.301. The predicted molar refractivity (Wildman–Crippen MR) is 86.6 cm³/mol. The fourth-order valence-corrected chi connectivity index (χ4v) is 3.33. The summed E-state index contributed by atoms with van der Waals surface area (Å²) < 4.78 is 0. The molecule has 1 rings (SSSR count). The highest BCUT2D eigenvalue weighted by Gasteiger charge is 2.22. The van der Waals surface area contributed by atoms with Crippen LogP contribution in [-0.2, 0) is 0 Å². The molecule has 1 heterocycles. The quantitative estimate of drug-likeness (QED) is 0.237. The van der Waals surface area contributed by atoms with E-state index in [1.807, 2.05) is 25.2 Å². The lowest BCUT2D eigenvalue weighted by atomic mass is 9.86. The second-order valence-electron chi connectivity index (χ2n) is 6.02. The van der Waals surface area contributed by atoms with Crippen molar-refractivity contribution >= 4 is 17.2 Å². The van der Waals surface area contributed by atoms with Gasteiger partial charge in [-0.05, 0) is 51.8 Å². The Labute approximate surface area is 126 Å². The molecule has 4 nitrogen and oxygen atoms in total. The first-order chi connectivity index (χ1) is 9.27. The molecule has 0 aliphatic rings. The number of nitrogens with two attached hydrogens (primary N) is 1. The molecule has 0 aromatic carbocycles. The van der Waals surface area contributed by atoms with Gasteiger partial charge < -0.3 is 16.3 Å². The largest absolute Gasteiger partial charge is 0.409 e. The van der Waals surface area contributed by atoms with Crippen LogP contribution < -0.4 is 11.1 Å². The zero-order valence-corrected chi connectivity index (χ0v) is 14.0. The molecule has 0 saturated heterocycles. The number of nitrogens with zero attached hydrogens (tertiary/aromatic N) is 1. The lowest BCUT2D eigenvalue weighted by Crippen LogP contribution is -2.32. The minimum absolute atomic E-state index is 0.255. The molecule has 5 heteroatoms. The lowest BCUT2D eigenvalue weighted by molar-refractivity contribution is 0.304. The van der Waals surface area contributed by atoms with Crippen molar-refractivity contribution < 1.29 is 5.21 Å². The molecule has 1 aromatic rings. The van der Waals surface area contributed by atoms with Crippen LogP contribution in [0, 0.1) is 19.3 Å². The van der Waals surface area contributed by atoms with Gasteiger partial charge in [-0.1, -0.05) is 19.0 Å². The van der Waals surface area contributed by atoms with E-state index in [1.165, 1.54) is 15.3 Å². The fraction of sp³-hybridized carbons (Fsp3) is 0.667. The maximum absolute atomic E-state index is 8.75. The number of aryl methyl sites for hydroxylation is 2. The topological polar surface area (TPSA) is 70.6 Å². The van der Waals surface area contributed by atoms with E-state index >= 15 is 0 Å². The van der Waals surface area contributed by atoms with Crippen LogP contribution in [0.5, 0.6) is 0 Å². The summed E-state index contributed by atoms with van der Waals surface area (Å²) in [6, 6.07) is 2.63. The van der Waals surface area contributed by atoms with E-state index in [4.69, 9.17) is 10.9 Å². The van der Waals surface area contributed by atoms with Gasteiger partial charge >= 0.3 is 0 Å². The molecule has 0 spiro atoms. The summed E-state index contributed by atoms with van der Waals surface area (Å²) in [6.45, 7) is 11.4. The Bertz CT molecular complexity index is 466. The highest BCUT2D eigenvalue weighted by Crippen LogP contribution is 2.26. The number of hydrogen-bond donors (Lipinski definition) is 3.